The molecule has 10 heteroatoms. The van der Waals surface area contributed by atoms with Crippen LogP contribution in [0, 0.1) is 0 Å². The third-order valence-corrected chi connectivity index (χ3v) is 5.69. The van der Waals surface area contributed by atoms with Gasteiger partial charge in [0.05, 0.1) is 12.6 Å². The number of thioether (sulfide) groups is 1. The summed E-state index contributed by atoms with van der Waals surface area (Å²) in [5.41, 5.74) is 7.28. The molecule has 1 aromatic heterocycles. The molecule has 0 radical (unpaired) electrons. The van der Waals surface area contributed by atoms with Gasteiger partial charge in [-0.25, -0.2) is 18.7 Å². The molecule has 1 fully saturated rings. The highest BCUT2D eigenvalue weighted by Gasteiger charge is 2.39. The van der Waals surface area contributed by atoms with Crippen LogP contribution in [-0.4, -0.2) is 45.9 Å². The van der Waals surface area contributed by atoms with Gasteiger partial charge in [0.15, 0.2) is 16.8 Å². The smallest absolute Gasteiger partial charge is 0.266 e. The first-order valence-electron chi connectivity index (χ1n) is 8.83. The molecule has 3 rings (SSSR count). The molecule has 4 N–H and O–H groups in total. The monoisotopic (exact) mass is 429 g/mol. The van der Waals surface area contributed by atoms with Crippen molar-refractivity contribution < 1.29 is 13.9 Å². The van der Waals surface area contributed by atoms with E-state index >= 15 is 0 Å². The van der Waals surface area contributed by atoms with Crippen molar-refractivity contribution in [2.75, 3.05) is 34.8 Å². The van der Waals surface area contributed by atoms with E-state index in [0.717, 1.165) is 5.56 Å². The second-order valence-corrected chi connectivity index (χ2v) is 8.12. The van der Waals surface area contributed by atoms with E-state index in [1.54, 1.807) is 13.0 Å². The molecule has 0 aliphatic carbocycles. The lowest BCUT2D eigenvalue weighted by atomic mass is 10.2. The number of rotatable bonds is 7. The fourth-order valence-corrected chi connectivity index (χ4v) is 3.71. The van der Waals surface area contributed by atoms with Crippen molar-refractivity contribution >= 4 is 40.7 Å². The molecule has 0 bridgehead atoms. The van der Waals surface area contributed by atoms with Gasteiger partial charge in [-0.05, 0) is 18.6 Å². The second kappa shape index (κ2) is 8.67. The number of nitrogens with zero attached hydrogens (tertiary/aromatic N) is 3. The van der Waals surface area contributed by atoms with Crippen molar-refractivity contribution in [1.29, 1.82) is 0 Å². The van der Waals surface area contributed by atoms with Gasteiger partial charge in [-0.3, -0.25) is 0 Å². The SMILES string of the molecule is CC(O)CSc1nc(NCc2ccccc2Cl)c(N)c(N2CCC(F)(F)C2)n1. The number of aromatic nitrogens is 2. The van der Waals surface area contributed by atoms with E-state index < -0.39 is 18.6 Å². The number of halogens is 3. The van der Waals surface area contributed by atoms with Gasteiger partial charge in [0.1, 0.15) is 5.69 Å². The van der Waals surface area contributed by atoms with Crippen LogP contribution in [0.15, 0.2) is 29.4 Å². The van der Waals surface area contributed by atoms with Gasteiger partial charge in [-0.1, -0.05) is 41.6 Å². The van der Waals surface area contributed by atoms with Crippen LogP contribution in [0.2, 0.25) is 5.02 Å². The third-order valence-electron chi connectivity index (χ3n) is 4.23. The zero-order valence-corrected chi connectivity index (χ0v) is 16.9. The van der Waals surface area contributed by atoms with E-state index in [-0.39, 0.29) is 24.5 Å². The largest absolute Gasteiger partial charge is 0.393 e. The average Bonchev–Trinajstić information content (AvgIpc) is 3.00. The lowest BCUT2D eigenvalue weighted by Crippen LogP contribution is -2.27. The fourth-order valence-electron chi connectivity index (χ4n) is 2.81. The number of alkyl halides is 2. The Balaban J connectivity index is 1.87. The molecule has 1 aliphatic heterocycles. The topological polar surface area (TPSA) is 87.3 Å². The van der Waals surface area contributed by atoms with Crippen LogP contribution in [0.3, 0.4) is 0 Å². The minimum Gasteiger partial charge on any atom is -0.393 e. The molecule has 2 aromatic rings. The summed E-state index contributed by atoms with van der Waals surface area (Å²) in [5, 5.41) is 13.6. The summed E-state index contributed by atoms with van der Waals surface area (Å²) in [6, 6.07) is 7.36. The van der Waals surface area contributed by atoms with Crippen molar-refractivity contribution in [1.82, 2.24) is 9.97 Å². The molecule has 1 atom stereocenters. The van der Waals surface area contributed by atoms with Crippen LogP contribution in [0.25, 0.3) is 0 Å². The van der Waals surface area contributed by atoms with Gasteiger partial charge in [0.25, 0.3) is 5.92 Å². The van der Waals surface area contributed by atoms with Gasteiger partial charge >= 0.3 is 0 Å². The first kappa shape index (κ1) is 20.9. The van der Waals surface area contributed by atoms with E-state index in [1.807, 2.05) is 18.2 Å². The molecule has 0 saturated carbocycles. The van der Waals surface area contributed by atoms with Gasteiger partial charge in [0, 0.05) is 30.3 Å². The van der Waals surface area contributed by atoms with Crippen molar-refractivity contribution in [3.63, 3.8) is 0 Å². The first-order chi connectivity index (χ1) is 13.2. The Morgan fingerprint density at radius 1 is 1.39 bits per heavy atom. The quantitative estimate of drug-likeness (QED) is 0.457. The van der Waals surface area contributed by atoms with E-state index in [1.165, 1.54) is 16.7 Å². The normalized spacial score (nSPS) is 17.0. The zero-order valence-electron chi connectivity index (χ0n) is 15.3. The number of aliphatic hydroxyl groups is 1. The Labute approximate surface area is 171 Å². The summed E-state index contributed by atoms with van der Waals surface area (Å²) in [7, 11) is 0. The molecular weight excluding hydrogens is 408 g/mol. The minimum absolute atomic E-state index is 0.165. The molecule has 6 nitrogen and oxygen atoms in total. The van der Waals surface area contributed by atoms with Crippen LogP contribution < -0.4 is 16.0 Å². The molecule has 1 aliphatic rings. The maximum absolute atomic E-state index is 13.7. The van der Waals surface area contributed by atoms with E-state index in [4.69, 9.17) is 17.3 Å². The number of nitrogen functional groups attached to an aromatic ring is 1. The van der Waals surface area contributed by atoms with Crippen LogP contribution in [0.4, 0.5) is 26.1 Å². The number of benzene rings is 1. The highest BCUT2D eigenvalue weighted by atomic mass is 35.5. The maximum Gasteiger partial charge on any atom is 0.266 e. The van der Waals surface area contributed by atoms with Crippen molar-refractivity contribution in [3.05, 3.63) is 34.9 Å². The Morgan fingerprint density at radius 2 is 2.14 bits per heavy atom. The minimum atomic E-state index is -2.77. The van der Waals surface area contributed by atoms with E-state index in [2.05, 4.69) is 15.3 Å². The number of hydrogen-bond donors (Lipinski definition) is 3. The summed E-state index contributed by atoms with van der Waals surface area (Å²) in [6.07, 6.45) is -0.792. The first-order valence-corrected chi connectivity index (χ1v) is 10.2. The van der Waals surface area contributed by atoms with Crippen LogP contribution >= 0.6 is 23.4 Å². The molecule has 1 saturated heterocycles. The maximum atomic E-state index is 13.7. The Kier molecular flexibility index (Phi) is 6.47. The molecule has 0 amide bonds. The Bertz CT molecular complexity index is 840. The van der Waals surface area contributed by atoms with Gasteiger partial charge in [-0.2, -0.15) is 0 Å². The molecule has 152 valence electrons. The summed E-state index contributed by atoms with van der Waals surface area (Å²) in [5.74, 6) is -1.76. The van der Waals surface area contributed by atoms with Gasteiger partial charge < -0.3 is 21.1 Å². The predicted octanol–water partition coefficient (Wildman–Crippen LogP) is 3.64. The lowest BCUT2D eigenvalue weighted by molar-refractivity contribution is 0.0257. The summed E-state index contributed by atoms with van der Waals surface area (Å²) in [6.45, 7) is 1.76. The molecule has 0 spiro atoms. The van der Waals surface area contributed by atoms with Crippen molar-refractivity contribution in [2.24, 2.45) is 0 Å². The van der Waals surface area contributed by atoms with E-state index in [9.17, 15) is 13.9 Å². The number of nitrogens with one attached hydrogen (secondary N) is 1. The van der Waals surface area contributed by atoms with Crippen molar-refractivity contribution in [2.45, 2.75) is 37.1 Å². The Morgan fingerprint density at radius 3 is 2.79 bits per heavy atom. The molecular formula is C18H22ClF2N5OS. The third kappa shape index (κ3) is 5.15. The standard InChI is InChI=1S/C18H22ClF2N5OS/c1-11(27)9-28-17-24-15(23-8-12-4-2-3-5-13(12)19)14(22)16(25-17)26-7-6-18(20,21)10-26/h2-5,11,27H,6-10,22H2,1H3,(H,23,24,25). The van der Waals surface area contributed by atoms with E-state index in [0.29, 0.717) is 28.3 Å². The molecule has 28 heavy (non-hydrogen) atoms. The highest BCUT2D eigenvalue weighted by molar-refractivity contribution is 7.99. The second-order valence-electron chi connectivity index (χ2n) is 6.72. The molecule has 1 aromatic carbocycles. The average molecular weight is 430 g/mol. The number of nitrogens with two attached hydrogens (primary N) is 1. The number of hydrogen-bond acceptors (Lipinski definition) is 7. The summed E-state index contributed by atoms with van der Waals surface area (Å²) >= 11 is 7.43. The predicted molar refractivity (Wildman–Crippen MR) is 109 cm³/mol. The van der Waals surface area contributed by atoms with Crippen molar-refractivity contribution in [3.8, 4) is 0 Å². The summed E-state index contributed by atoms with van der Waals surface area (Å²) < 4.78 is 27.4. The lowest BCUT2D eigenvalue weighted by Gasteiger charge is -2.21. The van der Waals surface area contributed by atoms with Crippen LogP contribution in [-0.2, 0) is 6.54 Å². The molecule has 1 unspecified atom stereocenters. The van der Waals surface area contributed by atoms with Crippen LogP contribution in [0.1, 0.15) is 18.9 Å². The number of aliphatic hydroxyl groups excluding tert-OH is 1. The highest BCUT2D eigenvalue weighted by Crippen LogP contribution is 2.36. The zero-order chi connectivity index (χ0) is 20.3. The fraction of sp³-hybridized carbons (Fsp3) is 0.444. The van der Waals surface area contributed by atoms with Crippen LogP contribution in [0.5, 0.6) is 0 Å². The number of anilines is 3. The molecule has 2 heterocycles. The summed E-state index contributed by atoms with van der Waals surface area (Å²) in [4.78, 5) is 10.2. The van der Waals surface area contributed by atoms with Gasteiger partial charge in [0.2, 0.25) is 0 Å². The van der Waals surface area contributed by atoms with Gasteiger partial charge in [-0.15, -0.1) is 0 Å². The Hall–Kier alpha value is -1.84.